The first kappa shape index (κ1) is 38.0. The predicted molar refractivity (Wildman–Crippen MR) is 183 cm³/mol. The van der Waals surface area contributed by atoms with Gasteiger partial charge >= 0.3 is 0 Å². The van der Waals surface area contributed by atoms with E-state index >= 15 is 0 Å². The number of fused-ring (bicyclic) bond motifs is 5. The molecule has 0 saturated heterocycles. The van der Waals surface area contributed by atoms with E-state index in [2.05, 4.69) is 60.7 Å². The smallest absolute Gasteiger partial charge is 0.00520 e. The lowest BCUT2D eigenvalue weighted by molar-refractivity contribution is -0.152. The van der Waals surface area contributed by atoms with Crippen LogP contribution in [0.2, 0.25) is 0 Å². The molecule has 0 bridgehead atoms. The van der Waals surface area contributed by atoms with Gasteiger partial charge in [0.15, 0.2) is 0 Å². The SMILES string of the molecule is CC.CC(C)CCCCC1CCC2C3CC[C@@]4(C)CCCCC4(C)C3CCC12C.CCCCC.CCCCNC. The van der Waals surface area contributed by atoms with E-state index in [9.17, 15) is 0 Å². The molecule has 240 valence electrons. The Kier molecular flexibility index (Phi) is 18.3. The first-order valence-electron chi connectivity index (χ1n) is 18.8. The lowest BCUT2D eigenvalue weighted by Gasteiger charge is -2.64. The summed E-state index contributed by atoms with van der Waals surface area (Å²) in [5.41, 5.74) is 2.01. The van der Waals surface area contributed by atoms with E-state index in [1.54, 1.807) is 32.1 Å². The Morgan fingerprint density at radius 2 is 1.35 bits per heavy atom. The second-order valence-corrected chi connectivity index (χ2v) is 15.4. The number of hydrogen-bond donors (Lipinski definition) is 1. The van der Waals surface area contributed by atoms with Gasteiger partial charge in [-0.25, -0.2) is 0 Å². The van der Waals surface area contributed by atoms with Crippen molar-refractivity contribution in [1.82, 2.24) is 5.32 Å². The van der Waals surface area contributed by atoms with Crippen LogP contribution in [0.3, 0.4) is 0 Å². The Bertz CT molecular complexity index is 620. The van der Waals surface area contributed by atoms with Crippen LogP contribution >= 0.6 is 0 Å². The predicted octanol–water partition coefficient (Wildman–Crippen LogP) is 12.9. The number of rotatable bonds is 10. The van der Waals surface area contributed by atoms with E-state index in [0.717, 1.165) is 36.1 Å². The van der Waals surface area contributed by atoms with Crippen molar-refractivity contribution in [3.63, 3.8) is 0 Å². The fourth-order valence-electron chi connectivity index (χ4n) is 9.84. The van der Waals surface area contributed by atoms with Crippen molar-refractivity contribution in [1.29, 1.82) is 0 Å². The van der Waals surface area contributed by atoms with Crippen LogP contribution in [0.25, 0.3) is 0 Å². The summed E-state index contributed by atoms with van der Waals surface area (Å²) in [6.07, 6.45) is 28.0. The molecule has 0 aliphatic heterocycles. The Morgan fingerprint density at radius 1 is 0.700 bits per heavy atom. The fraction of sp³-hybridized carbons (Fsp3) is 1.00. The summed E-state index contributed by atoms with van der Waals surface area (Å²) in [5.74, 6) is 5.12. The highest BCUT2D eigenvalue weighted by atomic mass is 14.8. The number of nitrogens with one attached hydrogen (secondary N) is 1. The van der Waals surface area contributed by atoms with Crippen LogP contribution in [0.4, 0.5) is 0 Å². The molecule has 4 saturated carbocycles. The lowest BCUT2D eigenvalue weighted by Crippen LogP contribution is -2.56. The minimum atomic E-state index is 0.658. The van der Waals surface area contributed by atoms with Crippen LogP contribution in [0.1, 0.15) is 191 Å². The minimum Gasteiger partial charge on any atom is -0.320 e. The van der Waals surface area contributed by atoms with Crippen LogP contribution in [0.15, 0.2) is 0 Å². The second-order valence-electron chi connectivity index (χ2n) is 15.4. The van der Waals surface area contributed by atoms with Gasteiger partial charge in [-0.1, -0.05) is 127 Å². The third-order valence-electron chi connectivity index (χ3n) is 12.6. The van der Waals surface area contributed by atoms with Crippen molar-refractivity contribution >= 4 is 0 Å². The fourth-order valence-corrected chi connectivity index (χ4v) is 9.84. The van der Waals surface area contributed by atoms with Gasteiger partial charge in [0.05, 0.1) is 0 Å². The molecule has 0 radical (unpaired) electrons. The standard InChI is InChI=1S/C27H48.C5H13N.C5H12.C2H6/c1-20(2)10-6-7-11-21-12-13-23-22-14-18-25(3)16-8-9-17-27(25,5)24(22)15-19-26(21,23)4;1-3-4-5-6-2;1-3-5-4-2;1-2/h20-24H,6-19H2,1-5H3;6H,3-5H2,1-2H3;3-5H2,1-2H3;1-2H3/t21?,22?,23?,24?,25-,26?,27?;;;/m1.../s1. The highest BCUT2D eigenvalue weighted by Crippen LogP contribution is 2.70. The van der Waals surface area contributed by atoms with Gasteiger partial charge in [-0.2, -0.15) is 0 Å². The van der Waals surface area contributed by atoms with Gasteiger partial charge in [0.1, 0.15) is 0 Å². The molecule has 6 unspecified atom stereocenters. The van der Waals surface area contributed by atoms with Gasteiger partial charge in [-0.3, -0.25) is 0 Å². The zero-order chi connectivity index (χ0) is 30.2. The van der Waals surface area contributed by atoms with Gasteiger partial charge in [0, 0.05) is 0 Å². The maximum atomic E-state index is 3.07. The van der Waals surface area contributed by atoms with Crippen LogP contribution < -0.4 is 5.32 Å². The van der Waals surface area contributed by atoms with E-state index in [0.29, 0.717) is 16.2 Å². The highest BCUT2D eigenvalue weighted by Gasteiger charge is 2.62. The molecular formula is C39H79N. The third kappa shape index (κ3) is 9.74. The van der Waals surface area contributed by atoms with E-state index in [1.807, 2.05) is 20.9 Å². The molecule has 0 aromatic carbocycles. The van der Waals surface area contributed by atoms with E-state index in [-0.39, 0.29) is 0 Å². The number of hydrogen-bond acceptors (Lipinski definition) is 1. The van der Waals surface area contributed by atoms with Crippen LogP contribution in [-0.2, 0) is 0 Å². The maximum Gasteiger partial charge on any atom is -0.00520 e. The Balaban J connectivity index is 0.000000519. The van der Waals surface area contributed by atoms with Crippen LogP contribution in [0, 0.1) is 45.8 Å². The van der Waals surface area contributed by atoms with Gasteiger partial charge in [0.2, 0.25) is 0 Å². The summed E-state index contributed by atoms with van der Waals surface area (Å²) >= 11 is 0. The number of unbranched alkanes of at least 4 members (excludes halogenated alkanes) is 4. The average molecular weight is 562 g/mol. The summed E-state index contributed by atoms with van der Waals surface area (Å²) in [6.45, 7) is 24.7. The van der Waals surface area contributed by atoms with E-state index in [4.69, 9.17) is 0 Å². The Hall–Kier alpha value is -0.0400. The van der Waals surface area contributed by atoms with Crippen molar-refractivity contribution in [2.24, 2.45) is 45.8 Å². The quantitative estimate of drug-likeness (QED) is 0.261. The molecule has 1 nitrogen and oxygen atoms in total. The molecule has 0 aromatic rings. The molecular weight excluding hydrogens is 482 g/mol. The Labute approximate surface area is 255 Å². The molecule has 40 heavy (non-hydrogen) atoms. The Morgan fingerprint density at radius 3 is 1.90 bits per heavy atom. The minimum absolute atomic E-state index is 0.658. The van der Waals surface area contributed by atoms with Crippen LogP contribution in [0.5, 0.6) is 0 Å². The normalized spacial score (nSPS) is 36.0. The average Bonchev–Trinajstić information content (AvgIpc) is 3.28. The molecule has 0 heterocycles. The monoisotopic (exact) mass is 562 g/mol. The molecule has 7 atom stereocenters. The van der Waals surface area contributed by atoms with E-state index in [1.165, 1.54) is 89.9 Å². The first-order valence-corrected chi connectivity index (χ1v) is 18.8. The van der Waals surface area contributed by atoms with Gasteiger partial charge in [-0.05, 0) is 124 Å². The summed E-state index contributed by atoms with van der Waals surface area (Å²) in [4.78, 5) is 0. The van der Waals surface area contributed by atoms with Gasteiger partial charge < -0.3 is 5.32 Å². The highest BCUT2D eigenvalue weighted by molar-refractivity contribution is 5.11. The van der Waals surface area contributed by atoms with Crippen LogP contribution in [-0.4, -0.2) is 13.6 Å². The summed E-state index contributed by atoms with van der Waals surface area (Å²) in [5, 5.41) is 3.07. The van der Waals surface area contributed by atoms with Gasteiger partial charge in [0.25, 0.3) is 0 Å². The largest absolute Gasteiger partial charge is 0.320 e. The molecule has 0 amide bonds. The summed E-state index contributed by atoms with van der Waals surface area (Å²) in [6, 6.07) is 0. The third-order valence-corrected chi connectivity index (χ3v) is 12.6. The van der Waals surface area contributed by atoms with Crippen molar-refractivity contribution < 1.29 is 0 Å². The molecule has 1 heteroatoms. The summed E-state index contributed by atoms with van der Waals surface area (Å²) < 4.78 is 0. The molecule has 4 fully saturated rings. The first-order chi connectivity index (χ1) is 19.1. The van der Waals surface area contributed by atoms with Crippen molar-refractivity contribution in [2.45, 2.75) is 191 Å². The molecule has 0 aromatic heterocycles. The molecule has 4 aliphatic carbocycles. The van der Waals surface area contributed by atoms with Gasteiger partial charge in [-0.15, -0.1) is 0 Å². The lowest BCUT2D eigenvalue weighted by atomic mass is 9.40. The van der Waals surface area contributed by atoms with Crippen molar-refractivity contribution in [2.75, 3.05) is 13.6 Å². The maximum absolute atomic E-state index is 3.07. The van der Waals surface area contributed by atoms with Crippen molar-refractivity contribution in [3.05, 3.63) is 0 Å². The van der Waals surface area contributed by atoms with E-state index < -0.39 is 0 Å². The molecule has 0 spiro atoms. The molecule has 4 rings (SSSR count). The zero-order valence-electron chi connectivity index (χ0n) is 30.0. The van der Waals surface area contributed by atoms with Crippen molar-refractivity contribution in [3.8, 4) is 0 Å². The second kappa shape index (κ2) is 19.3. The zero-order valence-corrected chi connectivity index (χ0v) is 30.0. The molecule has 1 N–H and O–H groups in total. The summed E-state index contributed by atoms with van der Waals surface area (Å²) in [7, 11) is 1.98. The molecule has 4 aliphatic rings. The topological polar surface area (TPSA) is 12.0 Å².